The van der Waals surface area contributed by atoms with Crippen LogP contribution in [0.25, 0.3) is 15.7 Å². The summed E-state index contributed by atoms with van der Waals surface area (Å²) in [5.74, 6) is 0.989. The van der Waals surface area contributed by atoms with Gasteiger partial charge in [-0.3, -0.25) is 0 Å². The van der Waals surface area contributed by atoms with E-state index in [1.165, 1.54) is 18.6 Å². The highest BCUT2D eigenvalue weighted by molar-refractivity contribution is 7.90. The number of sulfone groups is 1. The summed E-state index contributed by atoms with van der Waals surface area (Å²) >= 11 is 0. The highest BCUT2D eigenvalue weighted by Gasteiger charge is 2.23. The van der Waals surface area contributed by atoms with Gasteiger partial charge in [-0.05, 0) is 43.7 Å². The van der Waals surface area contributed by atoms with Gasteiger partial charge in [0.15, 0.2) is 0 Å². The summed E-state index contributed by atoms with van der Waals surface area (Å²) in [6.07, 6.45) is 8.65. The fourth-order valence-electron chi connectivity index (χ4n) is 3.86. The lowest BCUT2D eigenvalue weighted by atomic mass is 9.92. The highest BCUT2D eigenvalue weighted by Crippen LogP contribution is 2.32. The second-order valence-corrected chi connectivity index (χ2v) is 9.82. The van der Waals surface area contributed by atoms with Crippen LogP contribution in [-0.4, -0.2) is 43.5 Å². The van der Waals surface area contributed by atoms with E-state index in [2.05, 4.69) is 19.7 Å². The Morgan fingerprint density at radius 3 is 2.86 bits per heavy atom. The Morgan fingerprint density at radius 1 is 1.29 bits per heavy atom. The van der Waals surface area contributed by atoms with E-state index in [1.54, 1.807) is 6.07 Å². The summed E-state index contributed by atoms with van der Waals surface area (Å²) in [4.78, 5) is 14.0. The van der Waals surface area contributed by atoms with Crippen LogP contribution >= 0.6 is 0 Å². The van der Waals surface area contributed by atoms with Crippen LogP contribution < -0.4 is 4.90 Å². The Labute approximate surface area is 165 Å². The van der Waals surface area contributed by atoms with Crippen molar-refractivity contribution in [3.63, 3.8) is 0 Å². The molecule has 150 valence electrons. The first-order valence-corrected chi connectivity index (χ1v) is 11.7. The molecule has 3 rings (SSSR count). The van der Waals surface area contributed by atoms with Crippen LogP contribution in [-0.2, 0) is 9.84 Å². The van der Waals surface area contributed by atoms with E-state index in [1.807, 2.05) is 0 Å². The van der Waals surface area contributed by atoms with E-state index in [0.29, 0.717) is 16.8 Å². The van der Waals surface area contributed by atoms with Gasteiger partial charge in [0, 0.05) is 30.5 Å². The third-order valence-electron chi connectivity index (χ3n) is 5.25. The first kappa shape index (κ1) is 20.5. The average Bonchev–Trinajstić information content (AvgIpc) is 2.66. The normalized spacial score (nSPS) is 17.6. The maximum absolute atomic E-state index is 13.9. The smallest absolute Gasteiger partial charge is 0.222 e. The zero-order valence-electron chi connectivity index (χ0n) is 16.1. The molecule has 0 spiro atoms. The van der Waals surface area contributed by atoms with Crippen molar-refractivity contribution < 1.29 is 12.8 Å². The Morgan fingerprint density at radius 2 is 2.11 bits per heavy atom. The molecule has 0 N–H and O–H groups in total. The van der Waals surface area contributed by atoms with Gasteiger partial charge in [-0.1, -0.05) is 12.8 Å². The lowest BCUT2D eigenvalue weighted by Crippen LogP contribution is -2.36. The summed E-state index contributed by atoms with van der Waals surface area (Å²) in [5.41, 5.74) is 0.501. The molecule has 1 aliphatic heterocycles. The molecule has 8 heteroatoms. The molecule has 1 atom stereocenters. The molecule has 1 aromatic heterocycles. The van der Waals surface area contributed by atoms with Crippen molar-refractivity contribution in [2.45, 2.75) is 38.5 Å². The van der Waals surface area contributed by atoms with Crippen molar-refractivity contribution in [3.05, 3.63) is 35.7 Å². The number of piperidine rings is 1. The van der Waals surface area contributed by atoms with Gasteiger partial charge < -0.3 is 4.90 Å². The molecule has 1 aromatic carbocycles. The SMILES string of the molecule is [C-]#[N+]c1cc2c(N3CCCC(CCCCCS(C)(=O)=O)C3)ncnc2cc1F. The Bertz CT molecular complexity index is 988. The number of rotatable bonds is 7. The minimum absolute atomic E-state index is 0.0111. The van der Waals surface area contributed by atoms with E-state index >= 15 is 0 Å². The van der Waals surface area contributed by atoms with Crippen molar-refractivity contribution in [1.29, 1.82) is 0 Å². The monoisotopic (exact) mass is 404 g/mol. The van der Waals surface area contributed by atoms with Gasteiger partial charge in [0.05, 0.1) is 12.1 Å². The summed E-state index contributed by atoms with van der Waals surface area (Å²) in [7, 11) is -2.87. The number of unbranched alkanes of at least 4 members (excludes halogenated alkanes) is 2. The fraction of sp³-hybridized carbons (Fsp3) is 0.550. The van der Waals surface area contributed by atoms with Gasteiger partial charge >= 0.3 is 0 Å². The third kappa shape index (κ3) is 5.16. The van der Waals surface area contributed by atoms with Crippen LogP contribution in [0.15, 0.2) is 18.5 Å². The van der Waals surface area contributed by atoms with Crippen molar-refractivity contribution in [3.8, 4) is 0 Å². The van der Waals surface area contributed by atoms with Crippen LogP contribution in [0.4, 0.5) is 15.9 Å². The standard InChI is InChI=1S/C20H25FN4O2S/c1-22-19-11-16-18(12-17(19)21)23-14-24-20(16)25-9-6-8-15(13-25)7-4-3-5-10-28(2,26)27/h11-12,14-15H,3-10,13H2,2H3. The molecule has 1 unspecified atom stereocenters. The molecule has 2 aromatic rings. The van der Waals surface area contributed by atoms with E-state index < -0.39 is 15.7 Å². The van der Waals surface area contributed by atoms with Gasteiger partial charge in [-0.25, -0.2) is 27.6 Å². The van der Waals surface area contributed by atoms with Crippen LogP contribution in [0.3, 0.4) is 0 Å². The van der Waals surface area contributed by atoms with Gasteiger partial charge in [0.1, 0.15) is 27.8 Å². The number of hydrogen-bond donors (Lipinski definition) is 0. The molecule has 0 bridgehead atoms. The molecule has 0 radical (unpaired) electrons. The molecule has 0 saturated carbocycles. The zero-order chi connectivity index (χ0) is 20.1. The van der Waals surface area contributed by atoms with Gasteiger partial charge in [-0.15, -0.1) is 0 Å². The minimum Gasteiger partial charge on any atom is -0.356 e. The van der Waals surface area contributed by atoms with E-state index in [0.717, 1.165) is 57.4 Å². The first-order chi connectivity index (χ1) is 13.4. The topological polar surface area (TPSA) is 67.5 Å². The molecule has 6 nitrogen and oxygen atoms in total. The second-order valence-electron chi connectivity index (χ2n) is 7.56. The average molecular weight is 405 g/mol. The van der Waals surface area contributed by atoms with Crippen molar-refractivity contribution in [2.24, 2.45) is 5.92 Å². The van der Waals surface area contributed by atoms with Crippen LogP contribution in [0.2, 0.25) is 0 Å². The Hall–Kier alpha value is -2.27. The predicted octanol–water partition coefficient (Wildman–Crippen LogP) is 4.14. The van der Waals surface area contributed by atoms with E-state index in [9.17, 15) is 12.8 Å². The van der Waals surface area contributed by atoms with Crippen molar-refractivity contribution in [1.82, 2.24) is 9.97 Å². The van der Waals surface area contributed by atoms with Crippen LogP contribution in [0.1, 0.15) is 38.5 Å². The number of anilines is 1. The number of nitrogens with zero attached hydrogens (tertiary/aromatic N) is 4. The second kappa shape index (κ2) is 8.82. The molecular formula is C20H25FN4O2S. The van der Waals surface area contributed by atoms with Gasteiger partial charge in [-0.2, -0.15) is 0 Å². The Balaban J connectivity index is 1.66. The van der Waals surface area contributed by atoms with Gasteiger partial charge in [0.25, 0.3) is 0 Å². The molecule has 28 heavy (non-hydrogen) atoms. The summed E-state index contributed by atoms with van der Waals surface area (Å²) in [6.45, 7) is 8.89. The lowest BCUT2D eigenvalue weighted by molar-refractivity contribution is 0.377. The number of halogens is 1. The maximum Gasteiger partial charge on any atom is 0.222 e. The maximum atomic E-state index is 13.9. The number of fused-ring (bicyclic) bond motifs is 1. The number of benzene rings is 1. The summed E-state index contributed by atoms with van der Waals surface area (Å²) in [6, 6.07) is 2.85. The minimum atomic E-state index is -2.87. The molecule has 1 fully saturated rings. The Kier molecular flexibility index (Phi) is 6.45. The van der Waals surface area contributed by atoms with Crippen LogP contribution in [0, 0.1) is 18.3 Å². The summed E-state index contributed by atoms with van der Waals surface area (Å²) < 4.78 is 36.3. The van der Waals surface area contributed by atoms with Crippen LogP contribution in [0.5, 0.6) is 0 Å². The fourth-order valence-corrected chi connectivity index (χ4v) is 4.59. The van der Waals surface area contributed by atoms with Crippen molar-refractivity contribution >= 4 is 32.2 Å². The molecule has 1 aliphatic rings. The predicted molar refractivity (Wildman–Crippen MR) is 109 cm³/mol. The van der Waals surface area contributed by atoms with Crippen molar-refractivity contribution in [2.75, 3.05) is 30.0 Å². The third-order valence-corrected chi connectivity index (χ3v) is 6.28. The summed E-state index contributed by atoms with van der Waals surface area (Å²) in [5, 5.41) is 0.712. The number of hydrogen-bond acceptors (Lipinski definition) is 5. The molecule has 0 amide bonds. The number of aromatic nitrogens is 2. The molecule has 0 aliphatic carbocycles. The zero-order valence-corrected chi connectivity index (χ0v) is 16.9. The molecular weight excluding hydrogens is 379 g/mol. The largest absolute Gasteiger partial charge is 0.356 e. The van der Waals surface area contributed by atoms with E-state index in [-0.39, 0.29) is 11.4 Å². The lowest BCUT2D eigenvalue weighted by Gasteiger charge is -2.34. The quantitative estimate of drug-likeness (QED) is 0.512. The highest BCUT2D eigenvalue weighted by atomic mass is 32.2. The van der Waals surface area contributed by atoms with E-state index in [4.69, 9.17) is 6.57 Å². The van der Waals surface area contributed by atoms with Gasteiger partial charge in [0.2, 0.25) is 5.69 Å². The molecule has 2 heterocycles. The molecule has 1 saturated heterocycles. The first-order valence-electron chi connectivity index (χ1n) is 9.62.